The van der Waals surface area contributed by atoms with Gasteiger partial charge in [-0.2, -0.15) is 0 Å². The molecule has 126 valence electrons. The molecule has 0 radical (unpaired) electrons. The molecule has 4 heterocycles. The summed E-state index contributed by atoms with van der Waals surface area (Å²) >= 11 is 1.66. The molecule has 5 nitrogen and oxygen atoms in total. The molecule has 2 fully saturated rings. The lowest BCUT2D eigenvalue weighted by Gasteiger charge is -2.40. The highest BCUT2D eigenvalue weighted by Gasteiger charge is 2.43. The molecule has 1 spiro atoms. The average molecular weight is 342 g/mol. The van der Waals surface area contributed by atoms with Gasteiger partial charge >= 0.3 is 0 Å². The molecule has 2 aliphatic heterocycles. The molecule has 0 aromatic carbocycles. The first-order valence-electron chi connectivity index (χ1n) is 8.56. The lowest BCUT2D eigenvalue weighted by molar-refractivity contribution is -0.129. The zero-order valence-electron chi connectivity index (χ0n) is 13.7. The van der Waals surface area contributed by atoms with E-state index in [2.05, 4.69) is 19.8 Å². The summed E-state index contributed by atoms with van der Waals surface area (Å²) in [6.07, 6.45) is 7.57. The molecule has 1 unspecified atom stereocenters. The summed E-state index contributed by atoms with van der Waals surface area (Å²) in [5, 5.41) is 2.03. The fraction of sp³-hybridized carbons (Fsp3) is 0.500. The SMILES string of the molecule is O=C(Cc1cccs1)N1CCC2(CCCN(c3ncccn3)C2)C1. The van der Waals surface area contributed by atoms with E-state index in [9.17, 15) is 4.79 Å². The third-order valence-electron chi connectivity index (χ3n) is 5.19. The Hall–Kier alpha value is -1.95. The smallest absolute Gasteiger partial charge is 0.227 e. The molecule has 0 aliphatic carbocycles. The Balaban J connectivity index is 1.42. The third kappa shape index (κ3) is 3.15. The van der Waals surface area contributed by atoms with Crippen molar-refractivity contribution in [3.63, 3.8) is 0 Å². The molecular weight excluding hydrogens is 320 g/mol. The van der Waals surface area contributed by atoms with Crippen LogP contribution in [0.3, 0.4) is 0 Å². The summed E-state index contributed by atoms with van der Waals surface area (Å²) in [5.74, 6) is 1.09. The molecule has 0 bridgehead atoms. The van der Waals surface area contributed by atoms with Gasteiger partial charge in [0, 0.05) is 48.9 Å². The van der Waals surface area contributed by atoms with E-state index in [1.165, 1.54) is 6.42 Å². The third-order valence-corrected chi connectivity index (χ3v) is 6.07. The molecule has 24 heavy (non-hydrogen) atoms. The van der Waals surface area contributed by atoms with Crippen molar-refractivity contribution in [3.8, 4) is 0 Å². The molecule has 0 saturated carbocycles. The number of piperidine rings is 1. The van der Waals surface area contributed by atoms with Crippen LogP contribution in [0.2, 0.25) is 0 Å². The number of thiophene rings is 1. The van der Waals surface area contributed by atoms with Crippen LogP contribution < -0.4 is 4.90 Å². The van der Waals surface area contributed by atoms with Crippen LogP contribution in [0.1, 0.15) is 24.1 Å². The highest BCUT2D eigenvalue weighted by Crippen LogP contribution is 2.39. The number of carbonyl (C=O) groups excluding carboxylic acids is 1. The van der Waals surface area contributed by atoms with Gasteiger partial charge in [0.15, 0.2) is 0 Å². The fourth-order valence-corrected chi connectivity index (χ4v) is 4.68. The number of amides is 1. The van der Waals surface area contributed by atoms with E-state index in [-0.39, 0.29) is 11.3 Å². The van der Waals surface area contributed by atoms with E-state index in [0.717, 1.165) is 49.8 Å². The second kappa shape index (κ2) is 6.51. The number of hydrogen-bond acceptors (Lipinski definition) is 5. The minimum Gasteiger partial charge on any atom is -0.342 e. The van der Waals surface area contributed by atoms with Crippen molar-refractivity contribution in [2.24, 2.45) is 5.41 Å². The zero-order valence-corrected chi connectivity index (χ0v) is 14.5. The molecule has 4 rings (SSSR count). The Kier molecular flexibility index (Phi) is 4.22. The first-order valence-corrected chi connectivity index (χ1v) is 9.44. The van der Waals surface area contributed by atoms with Crippen LogP contribution in [0.25, 0.3) is 0 Å². The van der Waals surface area contributed by atoms with Gasteiger partial charge in [-0.25, -0.2) is 9.97 Å². The number of aromatic nitrogens is 2. The fourth-order valence-electron chi connectivity index (χ4n) is 3.99. The minimum absolute atomic E-state index is 0.211. The minimum atomic E-state index is 0.211. The predicted octanol–water partition coefficient (Wildman–Crippen LogP) is 2.60. The number of nitrogens with zero attached hydrogens (tertiary/aromatic N) is 4. The van der Waals surface area contributed by atoms with E-state index in [1.807, 2.05) is 23.6 Å². The van der Waals surface area contributed by atoms with Crippen LogP contribution in [0, 0.1) is 5.41 Å². The highest BCUT2D eigenvalue weighted by atomic mass is 32.1. The summed E-state index contributed by atoms with van der Waals surface area (Å²) in [5.41, 5.74) is 0.211. The Morgan fingerprint density at radius 1 is 1.17 bits per heavy atom. The van der Waals surface area contributed by atoms with Crippen molar-refractivity contribution in [3.05, 3.63) is 40.8 Å². The Morgan fingerprint density at radius 3 is 2.83 bits per heavy atom. The molecular formula is C18H22N4OS. The van der Waals surface area contributed by atoms with Crippen LogP contribution in [0.15, 0.2) is 36.0 Å². The van der Waals surface area contributed by atoms with Gasteiger partial charge in [0.05, 0.1) is 6.42 Å². The monoisotopic (exact) mass is 342 g/mol. The molecule has 2 aliphatic rings. The first kappa shape index (κ1) is 15.6. The van der Waals surface area contributed by atoms with Gasteiger partial charge in [-0.15, -0.1) is 11.3 Å². The molecule has 0 N–H and O–H groups in total. The van der Waals surface area contributed by atoms with E-state index in [1.54, 1.807) is 23.7 Å². The van der Waals surface area contributed by atoms with Crippen molar-refractivity contribution >= 4 is 23.2 Å². The number of anilines is 1. The summed E-state index contributed by atoms with van der Waals surface area (Å²) in [7, 11) is 0. The number of rotatable bonds is 3. The van der Waals surface area contributed by atoms with E-state index < -0.39 is 0 Å². The summed E-state index contributed by atoms with van der Waals surface area (Å²) < 4.78 is 0. The van der Waals surface area contributed by atoms with Crippen LogP contribution in [0.4, 0.5) is 5.95 Å². The van der Waals surface area contributed by atoms with Gasteiger partial charge in [0.2, 0.25) is 11.9 Å². The first-order chi connectivity index (χ1) is 11.7. The molecule has 6 heteroatoms. The number of carbonyl (C=O) groups is 1. The largest absolute Gasteiger partial charge is 0.342 e. The number of likely N-dealkylation sites (tertiary alicyclic amines) is 1. The predicted molar refractivity (Wildman–Crippen MR) is 95.1 cm³/mol. The van der Waals surface area contributed by atoms with E-state index >= 15 is 0 Å². The molecule has 2 saturated heterocycles. The Morgan fingerprint density at radius 2 is 2.04 bits per heavy atom. The van der Waals surface area contributed by atoms with Crippen molar-refractivity contribution in [2.45, 2.75) is 25.7 Å². The lowest BCUT2D eigenvalue weighted by Crippen LogP contribution is -2.46. The summed E-state index contributed by atoms with van der Waals surface area (Å²) in [4.78, 5) is 26.9. The quantitative estimate of drug-likeness (QED) is 0.860. The van der Waals surface area contributed by atoms with Gasteiger partial charge in [-0.3, -0.25) is 4.79 Å². The Bertz CT molecular complexity index is 690. The second-order valence-corrected chi connectivity index (χ2v) is 7.93. The van der Waals surface area contributed by atoms with Crippen LogP contribution >= 0.6 is 11.3 Å². The topological polar surface area (TPSA) is 49.3 Å². The second-order valence-electron chi connectivity index (χ2n) is 6.90. The van der Waals surface area contributed by atoms with Crippen molar-refractivity contribution in [1.29, 1.82) is 0 Å². The maximum atomic E-state index is 12.6. The maximum Gasteiger partial charge on any atom is 0.227 e. The van der Waals surface area contributed by atoms with Crippen LogP contribution in [-0.4, -0.2) is 47.0 Å². The summed E-state index contributed by atoms with van der Waals surface area (Å²) in [6, 6.07) is 5.91. The van der Waals surface area contributed by atoms with Crippen molar-refractivity contribution in [1.82, 2.24) is 14.9 Å². The maximum absolute atomic E-state index is 12.6. The molecule has 1 atom stereocenters. The standard InChI is InChI=1S/C18H22N4OS/c23-16(12-15-4-1-11-24-15)21-10-6-18(13-21)5-2-9-22(14-18)17-19-7-3-8-20-17/h1,3-4,7-8,11H,2,5-6,9-10,12-14H2. The van der Waals surface area contributed by atoms with Gasteiger partial charge in [0.25, 0.3) is 0 Å². The normalized spacial score (nSPS) is 23.8. The van der Waals surface area contributed by atoms with Crippen LogP contribution in [0.5, 0.6) is 0 Å². The van der Waals surface area contributed by atoms with Crippen LogP contribution in [-0.2, 0) is 11.2 Å². The van der Waals surface area contributed by atoms with E-state index in [4.69, 9.17) is 0 Å². The average Bonchev–Trinajstić information content (AvgIpc) is 3.26. The van der Waals surface area contributed by atoms with Gasteiger partial charge < -0.3 is 9.80 Å². The van der Waals surface area contributed by atoms with Crippen molar-refractivity contribution < 1.29 is 4.79 Å². The molecule has 1 amide bonds. The van der Waals surface area contributed by atoms with Crippen molar-refractivity contribution in [2.75, 3.05) is 31.1 Å². The van der Waals surface area contributed by atoms with Gasteiger partial charge in [-0.1, -0.05) is 6.07 Å². The summed E-state index contributed by atoms with van der Waals surface area (Å²) in [6.45, 7) is 3.73. The zero-order chi connectivity index (χ0) is 16.4. The van der Waals surface area contributed by atoms with E-state index in [0.29, 0.717) is 6.42 Å². The highest BCUT2D eigenvalue weighted by molar-refractivity contribution is 7.10. The molecule has 2 aromatic rings. The van der Waals surface area contributed by atoms with Gasteiger partial charge in [0.1, 0.15) is 0 Å². The Labute approximate surface area is 146 Å². The molecule has 2 aromatic heterocycles. The number of hydrogen-bond donors (Lipinski definition) is 0. The lowest BCUT2D eigenvalue weighted by atomic mass is 9.79. The van der Waals surface area contributed by atoms with Gasteiger partial charge in [-0.05, 0) is 36.8 Å².